The van der Waals surface area contributed by atoms with Crippen LogP contribution in [0.25, 0.3) is 11.3 Å². The summed E-state index contributed by atoms with van der Waals surface area (Å²) < 4.78 is 1.85. The number of nitrogens with zero attached hydrogens (tertiary/aromatic N) is 2. The van der Waals surface area contributed by atoms with E-state index in [4.69, 9.17) is 15.6 Å². The minimum absolute atomic E-state index is 0.297. The first kappa shape index (κ1) is 20.3. The second kappa shape index (κ2) is 10.2. The molecule has 1 heterocycles. The van der Waals surface area contributed by atoms with E-state index < -0.39 is 5.97 Å². The summed E-state index contributed by atoms with van der Waals surface area (Å²) in [4.78, 5) is 10.5. The number of nitrogens with one attached hydrogen (secondary N) is 1. The van der Waals surface area contributed by atoms with Gasteiger partial charge in [0.25, 0.3) is 0 Å². The lowest BCUT2D eigenvalue weighted by molar-refractivity contribution is -0.137. The van der Waals surface area contributed by atoms with Crippen molar-refractivity contribution in [2.24, 2.45) is 0 Å². The number of aryl methyl sites for hydroxylation is 3. The van der Waals surface area contributed by atoms with Crippen LogP contribution >= 0.6 is 0 Å². The van der Waals surface area contributed by atoms with Crippen molar-refractivity contribution in [2.45, 2.75) is 77.2 Å². The van der Waals surface area contributed by atoms with Crippen molar-refractivity contribution < 1.29 is 9.90 Å². The number of fused-ring (bicyclic) bond motifs is 3. The SMILES string of the molecule is N=c1cc2c(nn1CCCCCCCCCCC(=O)O)-c1ccccc1CC2. The number of aliphatic carboxylic acids is 1. The standard InChI is InChI=1S/C23H31N3O2/c24-21-17-19-15-14-18-11-8-9-12-20(18)23(19)25-26(21)16-10-6-4-2-1-3-5-7-13-22(27)28/h8-9,11-12,17,24H,1-7,10,13-16H2,(H,27,28). The third-order valence-corrected chi connectivity index (χ3v) is 5.56. The zero-order valence-corrected chi connectivity index (χ0v) is 16.6. The topological polar surface area (TPSA) is 79.0 Å². The minimum atomic E-state index is -0.689. The quantitative estimate of drug-likeness (QED) is 0.553. The van der Waals surface area contributed by atoms with Crippen molar-refractivity contribution in [3.05, 3.63) is 46.9 Å². The second-order valence-electron chi connectivity index (χ2n) is 7.76. The van der Waals surface area contributed by atoms with Crippen LogP contribution in [0, 0.1) is 5.41 Å². The van der Waals surface area contributed by atoms with E-state index in [1.54, 1.807) is 0 Å². The van der Waals surface area contributed by atoms with Crippen LogP contribution in [0.4, 0.5) is 0 Å². The van der Waals surface area contributed by atoms with Gasteiger partial charge < -0.3 is 5.11 Å². The van der Waals surface area contributed by atoms with E-state index in [-0.39, 0.29) is 0 Å². The van der Waals surface area contributed by atoms with E-state index in [2.05, 4.69) is 24.3 Å². The van der Waals surface area contributed by atoms with Gasteiger partial charge >= 0.3 is 5.97 Å². The fourth-order valence-corrected chi connectivity index (χ4v) is 3.97. The van der Waals surface area contributed by atoms with E-state index in [1.165, 1.54) is 36.0 Å². The molecule has 0 bridgehead atoms. The molecule has 0 atom stereocenters. The van der Waals surface area contributed by atoms with E-state index in [1.807, 2.05) is 10.7 Å². The molecule has 0 radical (unpaired) electrons. The first-order chi connectivity index (χ1) is 13.6. The first-order valence-corrected chi connectivity index (χ1v) is 10.6. The van der Waals surface area contributed by atoms with Gasteiger partial charge in [-0.15, -0.1) is 0 Å². The van der Waals surface area contributed by atoms with Crippen molar-refractivity contribution in [3.63, 3.8) is 0 Å². The number of carbonyl (C=O) groups is 1. The maximum absolute atomic E-state index is 10.5. The molecule has 0 aliphatic heterocycles. The summed E-state index contributed by atoms with van der Waals surface area (Å²) in [6, 6.07) is 10.5. The average Bonchev–Trinajstić information content (AvgIpc) is 2.69. The van der Waals surface area contributed by atoms with Crippen molar-refractivity contribution in [3.8, 4) is 11.3 Å². The van der Waals surface area contributed by atoms with Crippen LogP contribution in [0.2, 0.25) is 0 Å². The van der Waals surface area contributed by atoms with Crippen LogP contribution in [-0.2, 0) is 24.2 Å². The Morgan fingerprint density at radius 2 is 1.61 bits per heavy atom. The number of hydrogen-bond acceptors (Lipinski definition) is 3. The summed E-state index contributed by atoms with van der Waals surface area (Å²) in [5.74, 6) is -0.689. The number of aromatic nitrogens is 2. The Hall–Kier alpha value is -2.43. The summed E-state index contributed by atoms with van der Waals surface area (Å²) in [5, 5.41) is 21.7. The average molecular weight is 382 g/mol. The Bertz CT molecular complexity index is 857. The Balaban J connectivity index is 1.42. The zero-order valence-electron chi connectivity index (χ0n) is 16.6. The molecule has 1 aromatic heterocycles. The molecule has 2 aromatic rings. The van der Waals surface area contributed by atoms with Gasteiger partial charge in [-0.25, -0.2) is 4.68 Å². The van der Waals surface area contributed by atoms with Crippen LogP contribution in [0.1, 0.15) is 68.9 Å². The third-order valence-electron chi connectivity index (χ3n) is 5.56. The van der Waals surface area contributed by atoms with Gasteiger partial charge in [-0.3, -0.25) is 10.2 Å². The Labute approximate surface area is 166 Å². The molecule has 0 saturated carbocycles. The molecule has 0 saturated heterocycles. The molecular weight excluding hydrogens is 350 g/mol. The van der Waals surface area contributed by atoms with Crippen LogP contribution in [0.15, 0.2) is 30.3 Å². The molecule has 0 spiro atoms. The highest BCUT2D eigenvalue weighted by molar-refractivity contribution is 5.68. The van der Waals surface area contributed by atoms with Crippen LogP contribution in [0.3, 0.4) is 0 Å². The minimum Gasteiger partial charge on any atom is -0.481 e. The third kappa shape index (κ3) is 5.54. The summed E-state index contributed by atoms with van der Waals surface area (Å²) in [5.41, 5.74) is 5.34. The molecule has 150 valence electrons. The summed E-state index contributed by atoms with van der Waals surface area (Å²) in [6.45, 7) is 0.799. The van der Waals surface area contributed by atoms with Crippen molar-refractivity contribution in [1.29, 1.82) is 5.41 Å². The Morgan fingerprint density at radius 1 is 0.964 bits per heavy atom. The van der Waals surface area contributed by atoms with E-state index in [0.717, 1.165) is 57.2 Å². The molecular formula is C23H31N3O2. The highest BCUT2D eigenvalue weighted by atomic mass is 16.4. The molecule has 1 aliphatic carbocycles. The van der Waals surface area contributed by atoms with Gasteiger partial charge in [0.15, 0.2) is 0 Å². The highest BCUT2D eigenvalue weighted by Gasteiger charge is 2.18. The monoisotopic (exact) mass is 381 g/mol. The maximum atomic E-state index is 10.5. The number of carboxylic acids is 1. The largest absolute Gasteiger partial charge is 0.481 e. The predicted octanol–water partition coefficient (Wildman–Crippen LogP) is 4.72. The summed E-state index contributed by atoms with van der Waals surface area (Å²) in [7, 11) is 0. The molecule has 1 aromatic carbocycles. The summed E-state index contributed by atoms with van der Waals surface area (Å²) >= 11 is 0. The van der Waals surface area contributed by atoms with E-state index in [9.17, 15) is 4.79 Å². The fourth-order valence-electron chi connectivity index (χ4n) is 3.97. The molecule has 0 unspecified atom stereocenters. The Kier molecular flexibility index (Phi) is 7.40. The lowest BCUT2D eigenvalue weighted by Gasteiger charge is -2.20. The van der Waals surface area contributed by atoms with Gasteiger partial charge in [-0.1, -0.05) is 62.8 Å². The molecule has 0 amide bonds. The zero-order chi connectivity index (χ0) is 19.8. The molecule has 1 aliphatic rings. The number of unbranched alkanes of at least 4 members (excludes halogenated alkanes) is 7. The van der Waals surface area contributed by atoms with E-state index >= 15 is 0 Å². The Morgan fingerprint density at radius 3 is 2.36 bits per heavy atom. The highest BCUT2D eigenvalue weighted by Crippen LogP contribution is 2.30. The lowest BCUT2D eigenvalue weighted by Crippen LogP contribution is -2.25. The molecule has 5 nitrogen and oxygen atoms in total. The van der Waals surface area contributed by atoms with Gasteiger partial charge in [-0.2, -0.15) is 5.10 Å². The van der Waals surface area contributed by atoms with Gasteiger partial charge in [-0.05, 0) is 42.9 Å². The van der Waals surface area contributed by atoms with Crippen LogP contribution in [-0.4, -0.2) is 20.9 Å². The first-order valence-electron chi connectivity index (χ1n) is 10.6. The van der Waals surface area contributed by atoms with Crippen molar-refractivity contribution in [1.82, 2.24) is 9.78 Å². The van der Waals surface area contributed by atoms with Crippen LogP contribution in [0.5, 0.6) is 0 Å². The lowest BCUT2D eigenvalue weighted by atomic mass is 9.89. The predicted molar refractivity (Wildman–Crippen MR) is 110 cm³/mol. The van der Waals surface area contributed by atoms with Crippen LogP contribution < -0.4 is 5.49 Å². The molecule has 3 rings (SSSR count). The fraction of sp³-hybridized carbons (Fsp3) is 0.522. The van der Waals surface area contributed by atoms with Gasteiger partial charge in [0, 0.05) is 18.5 Å². The number of hydrogen-bond donors (Lipinski definition) is 2. The van der Waals surface area contributed by atoms with Gasteiger partial charge in [0.05, 0.1) is 5.69 Å². The molecule has 5 heteroatoms. The maximum Gasteiger partial charge on any atom is 0.303 e. The summed E-state index contributed by atoms with van der Waals surface area (Å²) in [6.07, 6.45) is 11.0. The smallest absolute Gasteiger partial charge is 0.303 e. The molecule has 0 fully saturated rings. The number of rotatable bonds is 11. The molecule has 2 N–H and O–H groups in total. The number of benzene rings is 1. The number of carboxylic acid groups (broad SMARTS) is 1. The molecule has 28 heavy (non-hydrogen) atoms. The second-order valence-corrected chi connectivity index (χ2v) is 7.76. The van der Waals surface area contributed by atoms with Gasteiger partial charge in [0.2, 0.25) is 0 Å². The van der Waals surface area contributed by atoms with Crippen molar-refractivity contribution >= 4 is 5.97 Å². The normalized spacial score (nSPS) is 12.4. The van der Waals surface area contributed by atoms with E-state index in [0.29, 0.717) is 11.9 Å². The van der Waals surface area contributed by atoms with Crippen molar-refractivity contribution in [2.75, 3.05) is 0 Å². The van der Waals surface area contributed by atoms with Gasteiger partial charge in [0.1, 0.15) is 5.49 Å².